The largest absolute Gasteiger partial charge is 0.347 e. The molecule has 0 unspecified atom stereocenters. The average molecular weight is 341 g/mol. The van der Waals surface area contributed by atoms with Gasteiger partial charge in [0.2, 0.25) is 0 Å². The van der Waals surface area contributed by atoms with Crippen LogP contribution in [0.3, 0.4) is 0 Å². The number of nitrogens with zero attached hydrogens (tertiary/aromatic N) is 1. The van der Waals surface area contributed by atoms with Gasteiger partial charge in [0.1, 0.15) is 11.6 Å². The Morgan fingerprint density at radius 2 is 1.81 bits per heavy atom. The van der Waals surface area contributed by atoms with Crippen LogP contribution in [0.2, 0.25) is 0 Å². The summed E-state index contributed by atoms with van der Waals surface area (Å²) >= 11 is 3.39. The third-order valence-electron chi connectivity index (χ3n) is 2.87. The molecule has 0 spiro atoms. The second kappa shape index (κ2) is 7.41. The van der Waals surface area contributed by atoms with E-state index in [-0.39, 0.29) is 11.5 Å². The zero-order chi connectivity index (χ0) is 15.1. The molecule has 2 aromatic rings. The first-order valence-electron chi connectivity index (χ1n) is 6.39. The van der Waals surface area contributed by atoms with Crippen LogP contribution in [-0.2, 0) is 11.3 Å². The summed E-state index contributed by atoms with van der Waals surface area (Å²) in [4.78, 5) is 12.0. The van der Waals surface area contributed by atoms with Crippen LogP contribution >= 0.6 is 15.9 Å². The van der Waals surface area contributed by atoms with E-state index in [4.69, 9.17) is 5.26 Å². The molecule has 104 valence electrons. The van der Waals surface area contributed by atoms with Crippen molar-refractivity contribution in [2.24, 2.45) is 0 Å². The molecule has 4 heteroatoms. The normalized spacial score (nSPS) is 10.8. The van der Waals surface area contributed by atoms with Crippen molar-refractivity contribution in [3.05, 3.63) is 75.8 Å². The summed E-state index contributed by atoms with van der Waals surface area (Å²) in [6.45, 7) is 0.397. The number of hydrogen-bond donors (Lipinski definition) is 1. The third kappa shape index (κ3) is 4.30. The van der Waals surface area contributed by atoms with Gasteiger partial charge in [-0.3, -0.25) is 4.79 Å². The number of carbonyl (C=O) groups excluding carboxylic acids is 1. The predicted octanol–water partition coefficient (Wildman–Crippen LogP) is 3.67. The maximum Gasteiger partial charge on any atom is 0.262 e. The lowest BCUT2D eigenvalue weighted by molar-refractivity contribution is -0.117. The van der Waals surface area contributed by atoms with E-state index in [0.717, 1.165) is 15.6 Å². The van der Waals surface area contributed by atoms with Crippen molar-refractivity contribution in [2.75, 3.05) is 0 Å². The highest BCUT2D eigenvalue weighted by atomic mass is 79.9. The van der Waals surface area contributed by atoms with E-state index >= 15 is 0 Å². The molecule has 0 radical (unpaired) electrons. The van der Waals surface area contributed by atoms with Crippen molar-refractivity contribution in [2.45, 2.75) is 6.54 Å². The summed E-state index contributed by atoms with van der Waals surface area (Å²) in [6.07, 6.45) is 1.57. The van der Waals surface area contributed by atoms with Crippen molar-refractivity contribution in [1.29, 1.82) is 5.26 Å². The lowest BCUT2D eigenvalue weighted by atomic mass is 10.1. The Bertz CT molecular complexity index is 702. The zero-order valence-electron chi connectivity index (χ0n) is 11.2. The van der Waals surface area contributed by atoms with Crippen molar-refractivity contribution in [1.82, 2.24) is 5.32 Å². The highest BCUT2D eigenvalue weighted by Gasteiger charge is 2.09. The van der Waals surface area contributed by atoms with Gasteiger partial charge in [0.05, 0.1) is 0 Å². The van der Waals surface area contributed by atoms with E-state index in [2.05, 4.69) is 21.2 Å². The number of nitrogens with one attached hydrogen (secondary N) is 1. The summed E-state index contributed by atoms with van der Waals surface area (Å²) in [5.74, 6) is -0.378. The smallest absolute Gasteiger partial charge is 0.262 e. The minimum absolute atomic E-state index is 0.0813. The topological polar surface area (TPSA) is 52.9 Å². The van der Waals surface area contributed by atoms with Crippen LogP contribution in [0.1, 0.15) is 11.1 Å². The third-order valence-corrected chi connectivity index (χ3v) is 3.59. The van der Waals surface area contributed by atoms with Gasteiger partial charge in [-0.05, 0) is 23.3 Å². The van der Waals surface area contributed by atoms with E-state index in [1.54, 1.807) is 6.08 Å². The van der Waals surface area contributed by atoms with Gasteiger partial charge in [0.15, 0.2) is 0 Å². The number of hydrogen-bond acceptors (Lipinski definition) is 2. The first kappa shape index (κ1) is 15.0. The molecule has 0 aliphatic rings. The summed E-state index contributed by atoms with van der Waals surface area (Å²) in [5, 5.41) is 11.9. The van der Waals surface area contributed by atoms with E-state index in [0.29, 0.717) is 6.54 Å². The number of carbonyl (C=O) groups is 1. The summed E-state index contributed by atoms with van der Waals surface area (Å²) in [7, 11) is 0. The fraction of sp³-hybridized carbons (Fsp3) is 0.0588. The van der Waals surface area contributed by atoms with Gasteiger partial charge in [-0.1, -0.05) is 64.5 Å². The molecule has 0 bridgehead atoms. The van der Waals surface area contributed by atoms with Gasteiger partial charge >= 0.3 is 0 Å². The van der Waals surface area contributed by atoms with E-state index in [9.17, 15) is 4.79 Å². The molecule has 1 amide bonds. The van der Waals surface area contributed by atoms with Gasteiger partial charge in [0.25, 0.3) is 5.91 Å². The van der Waals surface area contributed by atoms with Crippen molar-refractivity contribution in [3.8, 4) is 6.07 Å². The molecule has 21 heavy (non-hydrogen) atoms. The van der Waals surface area contributed by atoms with Crippen molar-refractivity contribution < 1.29 is 4.79 Å². The van der Waals surface area contributed by atoms with Crippen molar-refractivity contribution >= 4 is 27.9 Å². The first-order chi connectivity index (χ1) is 10.2. The Morgan fingerprint density at radius 3 is 2.48 bits per heavy atom. The van der Waals surface area contributed by atoms with Crippen LogP contribution in [0.4, 0.5) is 0 Å². The molecule has 3 nitrogen and oxygen atoms in total. The van der Waals surface area contributed by atoms with Gasteiger partial charge in [-0.15, -0.1) is 0 Å². The van der Waals surface area contributed by atoms with Crippen LogP contribution in [0.25, 0.3) is 6.08 Å². The molecule has 0 aliphatic carbocycles. The Labute approximate surface area is 132 Å². The summed E-state index contributed by atoms with van der Waals surface area (Å²) in [6, 6.07) is 18.9. The second-order valence-corrected chi connectivity index (χ2v) is 5.21. The fourth-order valence-corrected chi connectivity index (χ4v) is 2.17. The highest BCUT2D eigenvalue weighted by molar-refractivity contribution is 9.10. The molecule has 0 saturated heterocycles. The molecule has 0 aliphatic heterocycles. The SMILES string of the molecule is N#CC(=Cc1ccccc1Br)C(=O)NCc1ccccc1. The van der Waals surface area contributed by atoms with Crippen LogP contribution in [-0.4, -0.2) is 5.91 Å². The van der Waals surface area contributed by atoms with Crippen molar-refractivity contribution in [3.63, 3.8) is 0 Å². The van der Waals surface area contributed by atoms with Gasteiger partial charge in [-0.2, -0.15) is 5.26 Å². The Hall–Kier alpha value is -2.38. The van der Waals surface area contributed by atoms with E-state index < -0.39 is 0 Å². The lowest BCUT2D eigenvalue weighted by Crippen LogP contribution is -2.23. The van der Waals surface area contributed by atoms with Crippen LogP contribution in [0.15, 0.2) is 64.6 Å². The van der Waals surface area contributed by atoms with Gasteiger partial charge < -0.3 is 5.32 Å². The number of benzene rings is 2. The lowest BCUT2D eigenvalue weighted by Gasteiger charge is -2.05. The maximum absolute atomic E-state index is 12.0. The van der Waals surface area contributed by atoms with Crippen LogP contribution in [0.5, 0.6) is 0 Å². The fourth-order valence-electron chi connectivity index (χ4n) is 1.77. The van der Waals surface area contributed by atoms with Gasteiger partial charge in [-0.25, -0.2) is 0 Å². The monoisotopic (exact) mass is 340 g/mol. The van der Waals surface area contributed by atoms with E-state index in [1.807, 2.05) is 60.7 Å². The maximum atomic E-state index is 12.0. The molecule has 2 aromatic carbocycles. The Kier molecular flexibility index (Phi) is 5.30. The van der Waals surface area contributed by atoms with E-state index in [1.165, 1.54) is 0 Å². The standard InChI is InChI=1S/C17H13BrN2O/c18-16-9-5-4-8-14(16)10-15(11-19)17(21)20-12-13-6-2-1-3-7-13/h1-10H,12H2,(H,20,21). The first-order valence-corrected chi connectivity index (χ1v) is 7.18. The Balaban J connectivity index is 2.09. The quantitative estimate of drug-likeness (QED) is 0.681. The zero-order valence-corrected chi connectivity index (χ0v) is 12.8. The molecule has 1 N–H and O–H groups in total. The minimum Gasteiger partial charge on any atom is -0.347 e. The van der Waals surface area contributed by atoms with Crippen LogP contribution < -0.4 is 5.32 Å². The molecule has 0 heterocycles. The highest BCUT2D eigenvalue weighted by Crippen LogP contribution is 2.18. The minimum atomic E-state index is -0.378. The molecule has 2 rings (SSSR count). The number of halogens is 1. The predicted molar refractivity (Wildman–Crippen MR) is 86.0 cm³/mol. The molecule has 0 saturated carbocycles. The van der Waals surface area contributed by atoms with Gasteiger partial charge in [0, 0.05) is 11.0 Å². The number of rotatable bonds is 4. The number of amides is 1. The molecule has 0 atom stereocenters. The second-order valence-electron chi connectivity index (χ2n) is 4.36. The Morgan fingerprint density at radius 1 is 1.14 bits per heavy atom. The molecular formula is C17H13BrN2O. The average Bonchev–Trinajstić information content (AvgIpc) is 2.53. The summed E-state index contributed by atoms with van der Waals surface area (Å²) < 4.78 is 0.841. The summed E-state index contributed by atoms with van der Waals surface area (Å²) in [5.41, 5.74) is 1.87. The molecule has 0 aromatic heterocycles. The number of nitriles is 1. The molecular weight excluding hydrogens is 328 g/mol. The van der Waals surface area contributed by atoms with Crippen LogP contribution in [0, 0.1) is 11.3 Å². The molecule has 0 fully saturated rings.